The van der Waals surface area contributed by atoms with Gasteiger partial charge in [0.25, 0.3) is 0 Å². The molecule has 0 amide bonds. The van der Waals surface area contributed by atoms with E-state index >= 15 is 0 Å². The second-order valence-electron chi connectivity index (χ2n) is 7.47. The van der Waals surface area contributed by atoms with Gasteiger partial charge in [-0.2, -0.15) is 10.5 Å². The second-order valence-corrected chi connectivity index (χ2v) is 8.72. The highest BCUT2D eigenvalue weighted by atomic mass is 79.9. The van der Waals surface area contributed by atoms with Gasteiger partial charge in [0.1, 0.15) is 5.60 Å². The summed E-state index contributed by atoms with van der Waals surface area (Å²) in [6.45, 7) is 5.49. The molecule has 0 fully saturated rings. The quantitative estimate of drug-likeness (QED) is 0.314. The van der Waals surface area contributed by atoms with Crippen molar-refractivity contribution in [3.05, 3.63) is 35.4 Å². The molecule has 28 heavy (non-hydrogen) atoms. The number of benzene rings is 1. The monoisotopic (exact) mass is 450 g/mol. The Labute approximate surface area is 175 Å². The molecule has 0 saturated heterocycles. The van der Waals surface area contributed by atoms with Crippen molar-refractivity contribution in [3.8, 4) is 12.1 Å². The van der Waals surface area contributed by atoms with Crippen molar-refractivity contribution >= 4 is 21.9 Å². The summed E-state index contributed by atoms with van der Waals surface area (Å²) in [7, 11) is 2.97. The third kappa shape index (κ3) is 6.91. The van der Waals surface area contributed by atoms with E-state index in [9.17, 15) is 15.3 Å². The van der Waals surface area contributed by atoms with Crippen molar-refractivity contribution in [2.45, 2.75) is 56.2 Å². The lowest BCUT2D eigenvalue weighted by molar-refractivity contribution is -0.139. The lowest BCUT2D eigenvalue weighted by Crippen LogP contribution is -2.39. The fourth-order valence-electron chi connectivity index (χ4n) is 2.81. The van der Waals surface area contributed by atoms with E-state index < -0.39 is 22.1 Å². The summed E-state index contributed by atoms with van der Waals surface area (Å²) in [4.78, 5) is 12.1. The minimum absolute atomic E-state index is 0.353. The minimum atomic E-state index is -1.38. The van der Waals surface area contributed by atoms with Crippen LogP contribution in [0.25, 0.3) is 0 Å². The number of nitrogens with zero attached hydrogens (tertiary/aromatic N) is 2. The maximum Gasteiger partial charge on any atom is 0.338 e. The first-order valence-electron chi connectivity index (χ1n) is 8.99. The molecule has 0 saturated carbocycles. The molecule has 0 N–H and O–H groups in total. The molecule has 1 unspecified atom stereocenters. The van der Waals surface area contributed by atoms with Crippen molar-refractivity contribution in [3.63, 3.8) is 0 Å². The van der Waals surface area contributed by atoms with Crippen LogP contribution in [0, 0.1) is 28.6 Å². The Morgan fingerprint density at radius 2 is 1.64 bits per heavy atom. The number of carbonyl (C=O) groups excluding carboxylic acids is 1. The Balaban J connectivity index is 2.76. The standard InChI is InChI=1S/C21H27BrN2O4/c1-20(2,3)28-18(25)16-11-9-15(10-12-16)7-6-8-17(19(26-4)27-5)21(22,13-23)14-24/h9-12,17,19H,6-8H2,1-5H3. The Morgan fingerprint density at radius 1 is 1.11 bits per heavy atom. The van der Waals surface area contributed by atoms with Crippen LogP contribution in [0.4, 0.5) is 0 Å². The maximum atomic E-state index is 12.1. The zero-order valence-electron chi connectivity index (χ0n) is 17.0. The first-order chi connectivity index (χ1) is 13.1. The topological polar surface area (TPSA) is 92.3 Å². The van der Waals surface area contributed by atoms with Crippen LogP contribution in [-0.2, 0) is 20.6 Å². The van der Waals surface area contributed by atoms with E-state index in [1.807, 2.05) is 45.0 Å². The van der Waals surface area contributed by atoms with E-state index in [4.69, 9.17) is 14.2 Å². The number of halogens is 1. The van der Waals surface area contributed by atoms with Gasteiger partial charge in [0.2, 0.25) is 4.32 Å². The van der Waals surface area contributed by atoms with Crippen molar-refractivity contribution in [2.75, 3.05) is 14.2 Å². The van der Waals surface area contributed by atoms with Gasteiger partial charge in [-0.25, -0.2) is 4.79 Å². The number of hydrogen-bond donors (Lipinski definition) is 0. The Bertz CT molecular complexity index is 711. The predicted octanol–water partition coefficient (Wildman–Crippen LogP) is 4.38. The number of hydrogen-bond acceptors (Lipinski definition) is 6. The summed E-state index contributed by atoms with van der Waals surface area (Å²) in [5.41, 5.74) is 1.02. The molecule has 0 aliphatic carbocycles. The highest BCUT2D eigenvalue weighted by Crippen LogP contribution is 2.34. The van der Waals surface area contributed by atoms with Gasteiger partial charge in [0.05, 0.1) is 23.6 Å². The average molecular weight is 451 g/mol. The number of esters is 1. The molecule has 152 valence electrons. The second kappa shape index (κ2) is 10.6. The number of ether oxygens (including phenoxy) is 3. The molecular formula is C21H27BrN2O4. The van der Waals surface area contributed by atoms with E-state index in [-0.39, 0.29) is 5.97 Å². The van der Waals surface area contributed by atoms with Gasteiger partial charge >= 0.3 is 5.97 Å². The summed E-state index contributed by atoms with van der Waals surface area (Å²) < 4.78 is 14.6. The van der Waals surface area contributed by atoms with E-state index in [1.165, 1.54) is 14.2 Å². The largest absolute Gasteiger partial charge is 0.456 e. The van der Waals surface area contributed by atoms with Gasteiger partial charge in [-0.15, -0.1) is 0 Å². The van der Waals surface area contributed by atoms with Crippen molar-refractivity contribution in [1.29, 1.82) is 10.5 Å². The molecule has 6 nitrogen and oxygen atoms in total. The fourth-order valence-corrected chi connectivity index (χ4v) is 3.25. The number of methoxy groups -OCH3 is 2. The average Bonchev–Trinajstić information content (AvgIpc) is 2.66. The molecule has 1 aromatic rings. The molecule has 0 aliphatic heterocycles. The van der Waals surface area contributed by atoms with Crippen LogP contribution in [0.15, 0.2) is 24.3 Å². The number of carbonyl (C=O) groups is 1. The molecule has 1 aromatic carbocycles. The molecule has 0 spiro atoms. The van der Waals surface area contributed by atoms with Crippen LogP contribution < -0.4 is 0 Å². The van der Waals surface area contributed by atoms with E-state index in [0.717, 1.165) is 18.4 Å². The number of rotatable bonds is 9. The van der Waals surface area contributed by atoms with Gasteiger partial charge < -0.3 is 14.2 Å². The SMILES string of the molecule is COC(OC)C(CCCc1ccc(C(=O)OC(C)(C)C)cc1)C(Br)(C#N)C#N. The Hall–Kier alpha value is -1.93. The Morgan fingerprint density at radius 3 is 2.07 bits per heavy atom. The molecular weight excluding hydrogens is 424 g/mol. The van der Waals surface area contributed by atoms with Crippen LogP contribution in [0.3, 0.4) is 0 Å². The Kier molecular flexibility index (Phi) is 9.10. The molecule has 1 rings (SSSR count). The normalized spacial score (nSPS) is 12.9. The summed E-state index contributed by atoms with van der Waals surface area (Å²) in [5, 5.41) is 18.8. The van der Waals surface area contributed by atoms with E-state index in [0.29, 0.717) is 12.0 Å². The third-order valence-electron chi connectivity index (χ3n) is 4.20. The van der Waals surface area contributed by atoms with Crippen LogP contribution in [-0.4, -0.2) is 36.4 Å². The van der Waals surface area contributed by atoms with Gasteiger partial charge in [0.15, 0.2) is 6.29 Å². The van der Waals surface area contributed by atoms with Crippen LogP contribution in [0.5, 0.6) is 0 Å². The predicted molar refractivity (Wildman–Crippen MR) is 109 cm³/mol. The summed E-state index contributed by atoms with van der Waals surface area (Å²) in [6, 6.07) is 11.3. The van der Waals surface area contributed by atoms with Gasteiger partial charge in [-0.05, 0) is 57.7 Å². The summed E-state index contributed by atoms with van der Waals surface area (Å²) in [5.74, 6) is -0.812. The van der Waals surface area contributed by atoms with Crippen molar-refractivity contribution in [1.82, 2.24) is 0 Å². The number of alkyl halides is 1. The highest BCUT2D eigenvalue weighted by Gasteiger charge is 2.42. The van der Waals surface area contributed by atoms with E-state index in [2.05, 4.69) is 15.9 Å². The molecule has 0 heterocycles. The van der Waals surface area contributed by atoms with Gasteiger partial charge in [-0.1, -0.05) is 28.1 Å². The molecule has 0 bridgehead atoms. The molecule has 7 heteroatoms. The smallest absolute Gasteiger partial charge is 0.338 e. The molecule has 0 aromatic heterocycles. The third-order valence-corrected chi connectivity index (χ3v) is 5.14. The zero-order chi connectivity index (χ0) is 21.4. The van der Waals surface area contributed by atoms with Crippen LogP contribution in [0.1, 0.15) is 49.5 Å². The van der Waals surface area contributed by atoms with Gasteiger partial charge in [-0.3, -0.25) is 0 Å². The lowest BCUT2D eigenvalue weighted by Gasteiger charge is -2.30. The van der Waals surface area contributed by atoms with Crippen molar-refractivity contribution in [2.24, 2.45) is 5.92 Å². The zero-order valence-corrected chi connectivity index (χ0v) is 18.6. The van der Waals surface area contributed by atoms with Gasteiger partial charge in [0, 0.05) is 14.2 Å². The van der Waals surface area contributed by atoms with Crippen LogP contribution in [0.2, 0.25) is 0 Å². The first kappa shape index (κ1) is 24.1. The van der Waals surface area contributed by atoms with E-state index in [1.54, 1.807) is 12.1 Å². The van der Waals surface area contributed by atoms with Crippen LogP contribution >= 0.6 is 15.9 Å². The number of aryl methyl sites for hydroxylation is 1. The molecule has 1 atom stereocenters. The molecule has 0 aliphatic rings. The highest BCUT2D eigenvalue weighted by molar-refractivity contribution is 9.10. The van der Waals surface area contributed by atoms with Crippen molar-refractivity contribution < 1.29 is 19.0 Å². The minimum Gasteiger partial charge on any atom is -0.456 e. The maximum absolute atomic E-state index is 12.1. The molecule has 0 radical (unpaired) electrons. The number of nitriles is 2. The lowest BCUT2D eigenvalue weighted by atomic mass is 9.88. The first-order valence-corrected chi connectivity index (χ1v) is 9.78. The summed E-state index contributed by atoms with van der Waals surface area (Å²) >= 11 is 3.23. The fraction of sp³-hybridized carbons (Fsp3) is 0.571. The summed E-state index contributed by atoms with van der Waals surface area (Å²) in [6.07, 6.45) is 1.32.